The summed E-state index contributed by atoms with van der Waals surface area (Å²) in [6, 6.07) is 32.3. The topological polar surface area (TPSA) is 6.48 Å². The van der Waals surface area contributed by atoms with Gasteiger partial charge in [-0.05, 0) is 189 Å². The van der Waals surface area contributed by atoms with Gasteiger partial charge in [-0.1, -0.05) is 152 Å². The number of benzene rings is 5. The molecule has 6 aromatic rings. The zero-order valence-electron chi connectivity index (χ0n) is 46.4. The fourth-order valence-corrected chi connectivity index (χ4v) is 16.0. The van der Waals surface area contributed by atoms with Crippen molar-refractivity contribution in [3.05, 3.63) is 140 Å². The second kappa shape index (κ2) is 15.4. The highest BCUT2D eigenvalue weighted by Crippen LogP contribution is 2.60. The van der Waals surface area contributed by atoms with Crippen molar-refractivity contribution in [2.45, 2.75) is 183 Å². The molecule has 0 saturated heterocycles. The Morgan fingerprint density at radius 1 is 0.583 bits per heavy atom. The maximum atomic E-state index is 16.9. The van der Waals surface area contributed by atoms with E-state index >= 15 is 4.39 Å². The molecular weight excluding hydrogens is 895 g/mol. The molecule has 1 saturated carbocycles. The summed E-state index contributed by atoms with van der Waals surface area (Å²) in [4.78, 5) is 6.85. The molecule has 372 valence electrons. The van der Waals surface area contributed by atoms with Crippen LogP contribution in [-0.4, -0.2) is 6.71 Å². The Bertz CT molecular complexity index is 3310. The van der Waals surface area contributed by atoms with E-state index in [0.29, 0.717) is 11.5 Å². The molecule has 12 rings (SSSR count). The van der Waals surface area contributed by atoms with Gasteiger partial charge in [0.05, 0.1) is 11.4 Å². The van der Waals surface area contributed by atoms with Crippen LogP contribution < -0.4 is 25.5 Å². The Labute approximate surface area is 436 Å². The molecule has 1 aromatic heterocycles. The second-order valence-electron chi connectivity index (χ2n) is 28.4. The number of rotatable bonds is 3. The first-order valence-corrected chi connectivity index (χ1v) is 28.3. The summed E-state index contributed by atoms with van der Waals surface area (Å²) in [5, 5.41) is 0. The molecule has 2 nitrogen and oxygen atoms in total. The van der Waals surface area contributed by atoms with Gasteiger partial charge in [0, 0.05) is 49.1 Å². The number of halogens is 1. The summed E-state index contributed by atoms with van der Waals surface area (Å²) in [7, 11) is 0. The van der Waals surface area contributed by atoms with Crippen LogP contribution in [0.15, 0.2) is 90.5 Å². The first-order chi connectivity index (χ1) is 33.6. The number of hydrogen-bond acceptors (Lipinski definition) is 3. The average Bonchev–Trinajstić information content (AvgIpc) is 3.68. The van der Waals surface area contributed by atoms with E-state index in [0.717, 1.165) is 43.4 Å². The molecule has 5 heteroatoms. The molecule has 4 aliphatic carbocycles. The lowest BCUT2D eigenvalue weighted by molar-refractivity contribution is 0.124. The van der Waals surface area contributed by atoms with Crippen LogP contribution in [0.5, 0.6) is 0 Å². The summed E-state index contributed by atoms with van der Waals surface area (Å²) in [6.07, 6.45) is 10.7. The fourth-order valence-electron chi connectivity index (χ4n) is 14.6. The molecule has 3 heterocycles. The maximum absolute atomic E-state index is 16.9. The van der Waals surface area contributed by atoms with E-state index in [-0.39, 0.29) is 50.4 Å². The minimum Gasteiger partial charge on any atom is -0.311 e. The van der Waals surface area contributed by atoms with Crippen LogP contribution in [0, 0.1) is 29.5 Å². The van der Waals surface area contributed by atoms with Crippen LogP contribution in [-0.2, 0) is 33.5 Å². The number of anilines is 6. The van der Waals surface area contributed by atoms with E-state index in [1.54, 1.807) is 11.6 Å². The number of aryl methyl sites for hydroxylation is 1. The Balaban J connectivity index is 1.23. The molecule has 0 spiro atoms. The van der Waals surface area contributed by atoms with Crippen LogP contribution in [0.25, 0.3) is 17.2 Å². The van der Waals surface area contributed by atoms with Gasteiger partial charge in [-0.3, -0.25) is 0 Å². The third kappa shape index (κ3) is 7.04. The number of thiophene rings is 1. The number of hydrogen-bond donors (Lipinski definition) is 0. The Kier molecular flexibility index (Phi) is 10.3. The summed E-state index contributed by atoms with van der Waals surface area (Å²) in [5.74, 6) is 0.328. The quantitative estimate of drug-likeness (QED) is 0.163. The van der Waals surface area contributed by atoms with Crippen molar-refractivity contribution in [2.75, 3.05) is 9.80 Å². The number of nitrogens with zero attached hydrogens (tertiary/aromatic N) is 2. The van der Waals surface area contributed by atoms with Gasteiger partial charge in [-0.25, -0.2) is 4.39 Å². The lowest BCUT2D eigenvalue weighted by Crippen LogP contribution is -2.61. The third-order valence-corrected chi connectivity index (χ3v) is 20.9. The van der Waals surface area contributed by atoms with Gasteiger partial charge in [0.15, 0.2) is 0 Å². The number of allylic oxidation sites excluding steroid dienone is 1. The summed E-state index contributed by atoms with van der Waals surface area (Å²) >= 11 is 2.11. The van der Waals surface area contributed by atoms with E-state index in [1.807, 2.05) is 18.2 Å². The predicted octanol–water partition coefficient (Wildman–Crippen LogP) is 17.3. The SMILES string of the molecule is Cc1cc2c3c(c1)N(c1ccc(C(C)(C)C)cc1)c1c(sc4c1C=C1C(C4)C(C)(C)CCC1(C)C)B3c1cc3c(cc1N2c1cc2c(cc1-c1ccccc1F)C(C)(C)CCC2(C)C)C(C)(C)CCC3(C)C. The molecule has 0 radical (unpaired) electrons. The third-order valence-electron chi connectivity index (χ3n) is 19.7. The van der Waals surface area contributed by atoms with E-state index in [9.17, 15) is 0 Å². The zero-order valence-corrected chi connectivity index (χ0v) is 47.3. The zero-order chi connectivity index (χ0) is 51.2. The maximum Gasteiger partial charge on any atom is 0.264 e. The lowest BCUT2D eigenvalue weighted by atomic mass is 9.35. The highest BCUT2D eigenvalue weighted by atomic mass is 32.1. The lowest BCUT2D eigenvalue weighted by Gasteiger charge is -2.50. The molecule has 0 bridgehead atoms. The Hall–Kier alpha value is -4.87. The summed E-state index contributed by atoms with van der Waals surface area (Å²) < 4.78 is 18.3. The summed E-state index contributed by atoms with van der Waals surface area (Å²) in [6.45, 7) is 38.9. The van der Waals surface area contributed by atoms with Gasteiger partial charge >= 0.3 is 0 Å². The van der Waals surface area contributed by atoms with E-state index in [1.165, 1.54) is 101 Å². The van der Waals surface area contributed by atoms with E-state index < -0.39 is 0 Å². The Morgan fingerprint density at radius 3 is 1.72 bits per heavy atom. The molecule has 2 aliphatic heterocycles. The van der Waals surface area contributed by atoms with Gasteiger partial charge in [0.1, 0.15) is 5.82 Å². The first-order valence-electron chi connectivity index (χ1n) is 27.5. The molecule has 1 fully saturated rings. The van der Waals surface area contributed by atoms with Crippen molar-refractivity contribution in [3.63, 3.8) is 0 Å². The molecule has 1 atom stereocenters. The van der Waals surface area contributed by atoms with Crippen molar-refractivity contribution in [1.82, 2.24) is 0 Å². The van der Waals surface area contributed by atoms with E-state index in [4.69, 9.17) is 0 Å². The van der Waals surface area contributed by atoms with Gasteiger partial charge in [0.25, 0.3) is 6.71 Å². The minimum atomic E-state index is -0.180. The van der Waals surface area contributed by atoms with Gasteiger partial charge < -0.3 is 9.80 Å². The number of fused-ring (bicyclic) bond motifs is 9. The van der Waals surface area contributed by atoms with Crippen molar-refractivity contribution in [3.8, 4) is 11.1 Å². The molecule has 6 aliphatic rings. The van der Waals surface area contributed by atoms with Crippen molar-refractivity contribution in [1.29, 1.82) is 0 Å². The highest BCUT2D eigenvalue weighted by molar-refractivity contribution is 7.29. The molecule has 72 heavy (non-hydrogen) atoms. The Morgan fingerprint density at radius 2 is 1.12 bits per heavy atom. The summed E-state index contributed by atoms with van der Waals surface area (Å²) in [5.41, 5.74) is 23.3. The first kappa shape index (κ1) is 48.1. The standard InChI is InChI=1S/C67H78BFN2S/c1-39-31-55-58-56(32-39)71(53-36-48-45(62(5,6)25-28-65(48,11)12)33-43(53)42-19-17-18-20-52(42)69)54-37-49-47(64(9,10)27-29-66(49,13)14)35-51(54)68(58)60-59(70(55)41-23-21-40(22-24-41)61(2,3)4)44-34-46-50(38-57(44)72-60)67(15,16)30-26-63(46,7)8/h17-24,31-37,50H,25-30,38H2,1-16H3. The highest BCUT2D eigenvalue weighted by Gasteiger charge is 2.52. The van der Waals surface area contributed by atoms with Crippen LogP contribution in [0.4, 0.5) is 38.5 Å². The molecule has 0 N–H and O–H groups in total. The van der Waals surface area contributed by atoms with Crippen LogP contribution in [0.1, 0.15) is 186 Å². The molecule has 5 aromatic carbocycles. The molecule has 1 unspecified atom stereocenters. The van der Waals surface area contributed by atoms with Crippen LogP contribution >= 0.6 is 11.3 Å². The predicted molar refractivity (Wildman–Crippen MR) is 310 cm³/mol. The largest absolute Gasteiger partial charge is 0.311 e. The monoisotopic (exact) mass is 973 g/mol. The molecule has 0 amide bonds. The van der Waals surface area contributed by atoms with Crippen LogP contribution in [0.2, 0.25) is 0 Å². The minimum absolute atomic E-state index is 0.00511. The fraction of sp³-hybridized carbons (Fsp3) is 0.463. The van der Waals surface area contributed by atoms with Crippen LogP contribution in [0.3, 0.4) is 0 Å². The van der Waals surface area contributed by atoms with Crippen molar-refractivity contribution < 1.29 is 4.39 Å². The van der Waals surface area contributed by atoms with Gasteiger partial charge in [-0.15, -0.1) is 0 Å². The molecular formula is C67H78BFN2S. The normalized spacial score (nSPS) is 22.1. The van der Waals surface area contributed by atoms with E-state index in [2.05, 4.69) is 199 Å². The second-order valence-corrected chi connectivity index (χ2v) is 29.5. The van der Waals surface area contributed by atoms with Gasteiger partial charge in [-0.2, -0.15) is 11.3 Å². The smallest absolute Gasteiger partial charge is 0.264 e. The average molecular weight is 973 g/mol. The van der Waals surface area contributed by atoms with Crippen molar-refractivity contribution in [2.24, 2.45) is 16.7 Å². The van der Waals surface area contributed by atoms with Gasteiger partial charge in [0.2, 0.25) is 0 Å². The van der Waals surface area contributed by atoms with Crippen molar-refractivity contribution >= 4 is 74.0 Å².